The lowest BCUT2D eigenvalue weighted by molar-refractivity contribution is -0.130. The average Bonchev–Trinajstić information content (AvgIpc) is 2.46. The van der Waals surface area contributed by atoms with Crippen LogP contribution in [0.3, 0.4) is 0 Å². The van der Waals surface area contributed by atoms with E-state index in [0.717, 1.165) is 31.6 Å². The molecule has 0 unspecified atom stereocenters. The van der Waals surface area contributed by atoms with Crippen LogP contribution in [-0.4, -0.2) is 36.2 Å². The van der Waals surface area contributed by atoms with E-state index in [2.05, 4.69) is 5.32 Å². The van der Waals surface area contributed by atoms with E-state index in [-0.39, 0.29) is 11.7 Å². The Hall–Kier alpha value is -1.84. The van der Waals surface area contributed by atoms with Gasteiger partial charge in [-0.3, -0.25) is 9.59 Å². The molecule has 1 aromatic rings. The Morgan fingerprint density at radius 2 is 1.95 bits per heavy atom. The van der Waals surface area contributed by atoms with Crippen molar-refractivity contribution in [1.29, 1.82) is 0 Å². The summed E-state index contributed by atoms with van der Waals surface area (Å²) in [5, 5.41) is 3.09. The van der Waals surface area contributed by atoms with Crippen molar-refractivity contribution >= 4 is 17.4 Å². The van der Waals surface area contributed by atoms with Gasteiger partial charge in [0.25, 0.3) is 0 Å². The molecular formula is C15H20N2O2. The molecular weight excluding hydrogens is 240 g/mol. The quantitative estimate of drug-likeness (QED) is 0.845. The molecule has 0 aromatic heterocycles. The van der Waals surface area contributed by atoms with Crippen molar-refractivity contribution in [1.82, 2.24) is 4.90 Å². The van der Waals surface area contributed by atoms with Crippen molar-refractivity contribution in [3.05, 3.63) is 29.8 Å². The molecule has 1 saturated heterocycles. The zero-order valence-electron chi connectivity index (χ0n) is 11.3. The summed E-state index contributed by atoms with van der Waals surface area (Å²) in [4.78, 5) is 25.2. The highest BCUT2D eigenvalue weighted by molar-refractivity contribution is 5.95. The number of carbonyl (C=O) groups excluding carboxylic acids is 2. The number of carbonyl (C=O) groups is 2. The van der Waals surface area contributed by atoms with Crippen LogP contribution >= 0.6 is 0 Å². The lowest BCUT2D eigenvalue weighted by Gasteiger charge is -2.26. The number of piperidine rings is 1. The molecule has 1 N–H and O–H groups in total. The largest absolute Gasteiger partial charge is 0.376 e. The van der Waals surface area contributed by atoms with Crippen LogP contribution < -0.4 is 5.32 Å². The number of rotatable bonds is 4. The minimum absolute atomic E-state index is 0.0333. The minimum atomic E-state index is 0.0333. The van der Waals surface area contributed by atoms with Gasteiger partial charge in [0, 0.05) is 24.3 Å². The van der Waals surface area contributed by atoms with Gasteiger partial charge in [0.1, 0.15) is 0 Å². The molecule has 4 nitrogen and oxygen atoms in total. The van der Waals surface area contributed by atoms with Gasteiger partial charge in [-0.1, -0.05) is 12.1 Å². The lowest BCUT2D eigenvalue weighted by atomic mass is 10.1. The Labute approximate surface area is 113 Å². The fourth-order valence-electron chi connectivity index (χ4n) is 2.28. The molecule has 2 rings (SSSR count). The van der Waals surface area contributed by atoms with Crippen molar-refractivity contribution in [3.8, 4) is 0 Å². The third-order valence-corrected chi connectivity index (χ3v) is 3.42. The molecule has 0 atom stereocenters. The Kier molecular flexibility index (Phi) is 4.55. The van der Waals surface area contributed by atoms with Crippen molar-refractivity contribution < 1.29 is 9.59 Å². The van der Waals surface area contributed by atoms with Gasteiger partial charge in [0.05, 0.1) is 6.54 Å². The van der Waals surface area contributed by atoms with E-state index in [0.29, 0.717) is 12.1 Å². The van der Waals surface area contributed by atoms with Gasteiger partial charge in [-0.2, -0.15) is 0 Å². The van der Waals surface area contributed by atoms with Crippen LogP contribution in [0.4, 0.5) is 5.69 Å². The van der Waals surface area contributed by atoms with E-state index in [1.807, 2.05) is 17.0 Å². The number of anilines is 1. The number of Topliss-reactive ketones (excluding diaryl/α,β-unsaturated/α-hetero) is 1. The zero-order valence-corrected chi connectivity index (χ0v) is 11.3. The Balaban J connectivity index is 1.89. The van der Waals surface area contributed by atoms with Gasteiger partial charge in [-0.25, -0.2) is 0 Å². The molecule has 4 heteroatoms. The van der Waals surface area contributed by atoms with E-state index in [4.69, 9.17) is 0 Å². The molecule has 1 amide bonds. The van der Waals surface area contributed by atoms with Crippen LogP contribution in [-0.2, 0) is 4.79 Å². The highest BCUT2D eigenvalue weighted by atomic mass is 16.2. The van der Waals surface area contributed by atoms with Crippen molar-refractivity contribution in [2.45, 2.75) is 26.2 Å². The normalized spacial score (nSPS) is 15.1. The van der Waals surface area contributed by atoms with Crippen molar-refractivity contribution in [2.75, 3.05) is 25.0 Å². The van der Waals surface area contributed by atoms with Crippen LogP contribution in [0.5, 0.6) is 0 Å². The number of benzene rings is 1. The summed E-state index contributed by atoms with van der Waals surface area (Å²) >= 11 is 0. The summed E-state index contributed by atoms with van der Waals surface area (Å²) < 4.78 is 0. The zero-order chi connectivity index (χ0) is 13.7. The van der Waals surface area contributed by atoms with Crippen LogP contribution in [0, 0.1) is 0 Å². The number of nitrogens with zero attached hydrogens (tertiary/aromatic N) is 1. The third kappa shape index (κ3) is 3.81. The summed E-state index contributed by atoms with van der Waals surface area (Å²) in [7, 11) is 0. The average molecular weight is 260 g/mol. The van der Waals surface area contributed by atoms with Gasteiger partial charge in [0.15, 0.2) is 5.78 Å². The molecule has 0 bridgehead atoms. The number of hydrogen-bond acceptors (Lipinski definition) is 3. The molecule has 0 aliphatic carbocycles. The third-order valence-electron chi connectivity index (χ3n) is 3.42. The number of ketones is 1. The van der Waals surface area contributed by atoms with Gasteiger partial charge in [-0.15, -0.1) is 0 Å². The highest BCUT2D eigenvalue weighted by Gasteiger charge is 2.15. The molecule has 1 aliphatic rings. The predicted molar refractivity (Wildman–Crippen MR) is 75.4 cm³/mol. The molecule has 19 heavy (non-hydrogen) atoms. The van der Waals surface area contributed by atoms with Crippen LogP contribution in [0.1, 0.15) is 36.5 Å². The Bertz CT molecular complexity index is 465. The molecule has 1 aromatic carbocycles. The number of amides is 1. The molecule has 1 fully saturated rings. The molecule has 0 radical (unpaired) electrons. The van der Waals surface area contributed by atoms with Crippen LogP contribution in [0.15, 0.2) is 24.3 Å². The first kappa shape index (κ1) is 13.6. The van der Waals surface area contributed by atoms with E-state index in [9.17, 15) is 9.59 Å². The SMILES string of the molecule is CC(=O)c1cccc(NCC(=O)N2CCCCC2)c1. The first-order valence-corrected chi connectivity index (χ1v) is 6.79. The second-order valence-electron chi connectivity index (χ2n) is 4.93. The van der Waals surface area contributed by atoms with Crippen LogP contribution in [0.25, 0.3) is 0 Å². The molecule has 0 spiro atoms. The second-order valence-corrected chi connectivity index (χ2v) is 4.93. The van der Waals surface area contributed by atoms with E-state index >= 15 is 0 Å². The molecule has 1 aliphatic heterocycles. The van der Waals surface area contributed by atoms with Gasteiger partial charge < -0.3 is 10.2 Å². The Morgan fingerprint density at radius 3 is 2.63 bits per heavy atom. The summed E-state index contributed by atoms with van der Waals surface area (Å²) in [6.45, 7) is 3.57. The maximum atomic E-state index is 12.0. The van der Waals surface area contributed by atoms with Gasteiger partial charge in [-0.05, 0) is 38.3 Å². The summed E-state index contributed by atoms with van der Waals surface area (Å²) in [5.41, 5.74) is 1.48. The Morgan fingerprint density at radius 1 is 1.21 bits per heavy atom. The summed E-state index contributed by atoms with van der Waals surface area (Å²) in [5.74, 6) is 0.166. The fraction of sp³-hybridized carbons (Fsp3) is 0.467. The molecule has 0 saturated carbocycles. The first-order chi connectivity index (χ1) is 9.16. The van der Waals surface area contributed by atoms with E-state index in [1.165, 1.54) is 13.3 Å². The molecule has 1 heterocycles. The van der Waals surface area contributed by atoms with E-state index < -0.39 is 0 Å². The van der Waals surface area contributed by atoms with Gasteiger partial charge in [0.2, 0.25) is 5.91 Å². The number of nitrogens with one attached hydrogen (secondary N) is 1. The second kappa shape index (κ2) is 6.36. The topological polar surface area (TPSA) is 49.4 Å². The fourth-order valence-corrected chi connectivity index (χ4v) is 2.28. The van der Waals surface area contributed by atoms with Crippen molar-refractivity contribution in [3.63, 3.8) is 0 Å². The lowest BCUT2D eigenvalue weighted by Crippen LogP contribution is -2.39. The van der Waals surface area contributed by atoms with Gasteiger partial charge >= 0.3 is 0 Å². The van der Waals surface area contributed by atoms with E-state index in [1.54, 1.807) is 12.1 Å². The standard InChI is InChI=1S/C15H20N2O2/c1-12(18)13-6-5-7-14(10-13)16-11-15(19)17-8-3-2-4-9-17/h5-7,10,16H,2-4,8-9,11H2,1H3. The molecule has 102 valence electrons. The maximum absolute atomic E-state index is 12.0. The minimum Gasteiger partial charge on any atom is -0.376 e. The van der Waals surface area contributed by atoms with Crippen LogP contribution in [0.2, 0.25) is 0 Å². The first-order valence-electron chi connectivity index (χ1n) is 6.79. The predicted octanol–water partition coefficient (Wildman–Crippen LogP) is 2.31. The number of hydrogen-bond donors (Lipinski definition) is 1. The number of likely N-dealkylation sites (tertiary alicyclic amines) is 1. The summed E-state index contributed by atoms with van der Waals surface area (Å²) in [6, 6.07) is 7.26. The monoisotopic (exact) mass is 260 g/mol. The van der Waals surface area contributed by atoms with Crippen molar-refractivity contribution in [2.24, 2.45) is 0 Å². The maximum Gasteiger partial charge on any atom is 0.241 e. The smallest absolute Gasteiger partial charge is 0.241 e. The summed E-state index contributed by atoms with van der Waals surface area (Å²) in [6.07, 6.45) is 3.43. The highest BCUT2D eigenvalue weighted by Crippen LogP contribution is 2.12.